The van der Waals surface area contributed by atoms with E-state index in [1.54, 1.807) is 13.0 Å². The Hall–Kier alpha value is -2.66. The minimum Gasteiger partial charge on any atom is -0.364 e. The molecule has 5 nitrogen and oxygen atoms in total. The molecule has 0 fully saturated rings. The number of nitrogens with one attached hydrogen (secondary N) is 2. The summed E-state index contributed by atoms with van der Waals surface area (Å²) in [7, 11) is 0. The largest absolute Gasteiger partial charge is 0.364 e. The molecule has 2 aromatic carbocycles. The van der Waals surface area contributed by atoms with Crippen LogP contribution in [0.3, 0.4) is 0 Å². The van der Waals surface area contributed by atoms with Crippen molar-refractivity contribution in [1.29, 1.82) is 0 Å². The Bertz CT molecular complexity index is 757. The van der Waals surface area contributed by atoms with Crippen LogP contribution < -0.4 is 10.6 Å². The van der Waals surface area contributed by atoms with Gasteiger partial charge in [-0.05, 0) is 37.1 Å². The summed E-state index contributed by atoms with van der Waals surface area (Å²) < 4.78 is 5.65. The maximum atomic E-state index is 12.4. The molecule has 5 heteroatoms. The Morgan fingerprint density at radius 1 is 0.962 bits per heavy atom. The lowest BCUT2D eigenvalue weighted by Gasteiger charge is -2.16. The number of carbonyl (C=O) groups is 2. The fourth-order valence-corrected chi connectivity index (χ4v) is 2.23. The number of hydrogen-bond acceptors (Lipinski definition) is 3. The van der Waals surface area contributed by atoms with Crippen LogP contribution in [0.2, 0.25) is 0 Å². The zero-order chi connectivity index (χ0) is 19.1. The van der Waals surface area contributed by atoms with Gasteiger partial charge in [-0.3, -0.25) is 9.59 Å². The van der Waals surface area contributed by atoms with Crippen molar-refractivity contribution < 1.29 is 14.3 Å². The van der Waals surface area contributed by atoms with Gasteiger partial charge in [-0.1, -0.05) is 50.2 Å². The Labute approximate surface area is 154 Å². The van der Waals surface area contributed by atoms with E-state index in [1.807, 2.05) is 63.2 Å². The number of rotatable bonds is 7. The number of anilines is 2. The van der Waals surface area contributed by atoms with Crippen LogP contribution in [-0.4, -0.2) is 17.9 Å². The Kier molecular flexibility index (Phi) is 6.92. The van der Waals surface area contributed by atoms with Gasteiger partial charge in [0.15, 0.2) is 0 Å². The first kappa shape index (κ1) is 19.7. The molecule has 2 N–H and O–H groups in total. The predicted octanol–water partition coefficient (Wildman–Crippen LogP) is 4.13. The van der Waals surface area contributed by atoms with Crippen LogP contribution >= 0.6 is 0 Å². The molecule has 26 heavy (non-hydrogen) atoms. The first-order valence-corrected chi connectivity index (χ1v) is 8.74. The van der Waals surface area contributed by atoms with Crippen molar-refractivity contribution >= 4 is 23.2 Å². The Morgan fingerprint density at radius 3 is 2.31 bits per heavy atom. The second kappa shape index (κ2) is 9.15. The topological polar surface area (TPSA) is 67.4 Å². The molecular weight excluding hydrogens is 328 g/mol. The van der Waals surface area contributed by atoms with E-state index >= 15 is 0 Å². The standard InChI is InChI=1S/C21H26N2O3/c1-14(2)20(24)22-18-11-10-15(3)19(12-18)23-21(25)16(4)26-13-17-8-6-5-7-9-17/h5-12,14,16H,13H2,1-4H3,(H,22,24)(H,23,25). The van der Waals surface area contributed by atoms with E-state index in [0.717, 1.165) is 11.1 Å². The third-order valence-corrected chi connectivity index (χ3v) is 4.00. The van der Waals surface area contributed by atoms with Crippen LogP contribution in [0.15, 0.2) is 48.5 Å². The fourth-order valence-electron chi connectivity index (χ4n) is 2.23. The predicted molar refractivity (Wildman–Crippen MR) is 104 cm³/mol. The summed E-state index contributed by atoms with van der Waals surface area (Å²) in [6.07, 6.45) is -0.594. The summed E-state index contributed by atoms with van der Waals surface area (Å²) in [6, 6.07) is 15.2. The summed E-state index contributed by atoms with van der Waals surface area (Å²) >= 11 is 0. The smallest absolute Gasteiger partial charge is 0.253 e. The molecule has 0 bridgehead atoms. The van der Waals surface area contributed by atoms with Crippen molar-refractivity contribution in [1.82, 2.24) is 0 Å². The zero-order valence-electron chi connectivity index (χ0n) is 15.7. The summed E-state index contributed by atoms with van der Waals surface area (Å²) in [5, 5.41) is 5.71. The summed E-state index contributed by atoms with van der Waals surface area (Å²) in [4.78, 5) is 24.2. The molecule has 0 saturated heterocycles. The fraction of sp³-hybridized carbons (Fsp3) is 0.333. The van der Waals surface area contributed by atoms with E-state index in [9.17, 15) is 9.59 Å². The van der Waals surface area contributed by atoms with Crippen LogP contribution in [0.25, 0.3) is 0 Å². The highest BCUT2D eigenvalue weighted by Crippen LogP contribution is 2.21. The molecule has 0 saturated carbocycles. The van der Waals surface area contributed by atoms with Gasteiger partial charge in [0.25, 0.3) is 5.91 Å². The molecular formula is C21H26N2O3. The van der Waals surface area contributed by atoms with E-state index < -0.39 is 6.10 Å². The first-order valence-electron chi connectivity index (χ1n) is 8.74. The van der Waals surface area contributed by atoms with E-state index in [2.05, 4.69) is 10.6 Å². The lowest BCUT2D eigenvalue weighted by atomic mass is 10.1. The van der Waals surface area contributed by atoms with E-state index in [0.29, 0.717) is 18.0 Å². The SMILES string of the molecule is Cc1ccc(NC(=O)C(C)C)cc1NC(=O)C(C)OCc1ccccc1. The molecule has 0 radical (unpaired) electrons. The highest BCUT2D eigenvalue weighted by molar-refractivity contribution is 5.96. The average molecular weight is 354 g/mol. The van der Waals surface area contributed by atoms with Gasteiger partial charge in [0.2, 0.25) is 5.91 Å². The molecule has 1 atom stereocenters. The van der Waals surface area contributed by atoms with Crippen molar-refractivity contribution in [2.75, 3.05) is 10.6 Å². The molecule has 0 aliphatic heterocycles. The number of ether oxygens (including phenoxy) is 1. The third-order valence-electron chi connectivity index (χ3n) is 4.00. The molecule has 0 aliphatic carbocycles. The summed E-state index contributed by atoms with van der Waals surface area (Å²) in [5.41, 5.74) is 3.24. The number of amides is 2. The Balaban J connectivity index is 1.97. The second-order valence-electron chi connectivity index (χ2n) is 6.60. The number of carbonyl (C=O) groups excluding carboxylic acids is 2. The molecule has 2 rings (SSSR count). The first-order chi connectivity index (χ1) is 12.4. The molecule has 0 aliphatic rings. The minimum atomic E-state index is -0.594. The quantitative estimate of drug-likeness (QED) is 0.785. The van der Waals surface area contributed by atoms with Crippen LogP contribution in [0, 0.1) is 12.8 Å². The number of hydrogen-bond donors (Lipinski definition) is 2. The Morgan fingerprint density at radius 2 is 1.65 bits per heavy atom. The van der Waals surface area contributed by atoms with Gasteiger partial charge in [-0.2, -0.15) is 0 Å². The van der Waals surface area contributed by atoms with Crippen molar-refractivity contribution in [3.05, 3.63) is 59.7 Å². The summed E-state index contributed by atoms with van der Waals surface area (Å²) in [6.45, 7) is 7.66. The third kappa shape index (κ3) is 5.70. The van der Waals surface area contributed by atoms with Crippen LogP contribution in [0.1, 0.15) is 31.9 Å². The monoisotopic (exact) mass is 354 g/mol. The van der Waals surface area contributed by atoms with Crippen LogP contribution in [0.5, 0.6) is 0 Å². The van der Waals surface area contributed by atoms with Gasteiger partial charge in [0.05, 0.1) is 6.61 Å². The molecule has 0 aromatic heterocycles. The van der Waals surface area contributed by atoms with Crippen molar-refractivity contribution in [3.63, 3.8) is 0 Å². The van der Waals surface area contributed by atoms with Gasteiger partial charge < -0.3 is 15.4 Å². The normalized spacial score (nSPS) is 11.9. The molecule has 2 amide bonds. The van der Waals surface area contributed by atoms with Crippen molar-refractivity contribution in [2.24, 2.45) is 5.92 Å². The zero-order valence-corrected chi connectivity index (χ0v) is 15.7. The van der Waals surface area contributed by atoms with Crippen molar-refractivity contribution in [2.45, 2.75) is 40.4 Å². The van der Waals surface area contributed by atoms with Crippen LogP contribution in [0.4, 0.5) is 11.4 Å². The molecule has 0 spiro atoms. The molecule has 138 valence electrons. The maximum absolute atomic E-state index is 12.4. The maximum Gasteiger partial charge on any atom is 0.253 e. The highest BCUT2D eigenvalue weighted by Gasteiger charge is 2.15. The summed E-state index contributed by atoms with van der Waals surface area (Å²) in [5.74, 6) is -0.400. The molecule has 2 aromatic rings. The molecule has 1 unspecified atom stereocenters. The molecule has 0 heterocycles. The van der Waals surface area contributed by atoms with E-state index in [1.165, 1.54) is 0 Å². The van der Waals surface area contributed by atoms with E-state index in [4.69, 9.17) is 4.74 Å². The minimum absolute atomic E-state index is 0.0642. The van der Waals surface area contributed by atoms with Gasteiger partial charge in [-0.25, -0.2) is 0 Å². The van der Waals surface area contributed by atoms with Crippen LogP contribution in [-0.2, 0) is 20.9 Å². The lowest BCUT2D eigenvalue weighted by molar-refractivity contribution is -0.127. The van der Waals surface area contributed by atoms with Gasteiger partial charge in [0.1, 0.15) is 6.10 Å². The van der Waals surface area contributed by atoms with Gasteiger partial charge >= 0.3 is 0 Å². The van der Waals surface area contributed by atoms with Gasteiger partial charge in [0, 0.05) is 17.3 Å². The second-order valence-corrected chi connectivity index (χ2v) is 6.60. The number of benzene rings is 2. The average Bonchev–Trinajstić information content (AvgIpc) is 2.63. The lowest BCUT2D eigenvalue weighted by Crippen LogP contribution is -2.28. The highest BCUT2D eigenvalue weighted by atomic mass is 16.5. The van der Waals surface area contributed by atoms with Crippen molar-refractivity contribution in [3.8, 4) is 0 Å². The van der Waals surface area contributed by atoms with E-state index in [-0.39, 0.29) is 17.7 Å². The van der Waals surface area contributed by atoms with Gasteiger partial charge in [-0.15, -0.1) is 0 Å². The number of aryl methyl sites for hydroxylation is 1.